The topological polar surface area (TPSA) is 94.9 Å². The molecule has 1 heterocycles. The van der Waals surface area contributed by atoms with Crippen molar-refractivity contribution in [3.8, 4) is 0 Å². The second kappa shape index (κ2) is 5.51. The zero-order valence-corrected chi connectivity index (χ0v) is 11.3. The minimum absolute atomic E-state index is 0.0457. The van der Waals surface area contributed by atoms with Crippen molar-refractivity contribution in [2.45, 2.75) is 10.1 Å². The van der Waals surface area contributed by atoms with Crippen molar-refractivity contribution >= 4 is 45.5 Å². The number of halogens is 1. The minimum Gasteiger partial charge on any atom is -0.374 e. The van der Waals surface area contributed by atoms with Gasteiger partial charge in [-0.1, -0.05) is 34.7 Å². The van der Waals surface area contributed by atoms with E-state index in [0.29, 0.717) is 25.8 Å². The van der Waals surface area contributed by atoms with Gasteiger partial charge in [-0.2, -0.15) is 0 Å². The highest BCUT2D eigenvalue weighted by Gasteiger charge is 2.14. The van der Waals surface area contributed by atoms with Crippen LogP contribution in [0.25, 0.3) is 0 Å². The predicted molar refractivity (Wildman–Crippen MR) is 72.0 cm³/mol. The van der Waals surface area contributed by atoms with Gasteiger partial charge in [0.25, 0.3) is 5.69 Å². The number of hydrogen-bond donors (Lipinski definition) is 1. The molecule has 0 aliphatic heterocycles. The Labute approximate surface area is 115 Å². The number of anilines is 1. The number of nitro groups is 1. The van der Waals surface area contributed by atoms with E-state index in [1.165, 1.54) is 35.2 Å². The maximum Gasteiger partial charge on any atom is 0.273 e. The van der Waals surface area contributed by atoms with Gasteiger partial charge in [0.2, 0.25) is 5.13 Å². The van der Waals surface area contributed by atoms with Crippen molar-refractivity contribution in [1.29, 1.82) is 0 Å². The Kier molecular flexibility index (Phi) is 4.00. The van der Waals surface area contributed by atoms with E-state index in [0.717, 1.165) is 0 Å². The van der Waals surface area contributed by atoms with Crippen molar-refractivity contribution in [2.75, 3.05) is 5.73 Å². The summed E-state index contributed by atoms with van der Waals surface area (Å²) in [6, 6.07) is 4.47. The first-order valence-electron chi connectivity index (χ1n) is 4.71. The lowest BCUT2D eigenvalue weighted by Crippen LogP contribution is -1.94. The number of nitro benzene ring substituents is 1. The Morgan fingerprint density at radius 3 is 2.89 bits per heavy atom. The standard InChI is InChI=1S/C9H7ClN4O2S2/c10-6-1-2-7(14(15)16)5(3-6)4-17-9-13-12-8(11)18-9/h1-3H,4H2,(H2,11,12). The van der Waals surface area contributed by atoms with Gasteiger partial charge in [-0.3, -0.25) is 10.1 Å². The minimum atomic E-state index is -0.430. The highest BCUT2D eigenvalue weighted by atomic mass is 35.5. The molecule has 0 bridgehead atoms. The van der Waals surface area contributed by atoms with Gasteiger partial charge in [-0.25, -0.2) is 0 Å². The monoisotopic (exact) mass is 302 g/mol. The van der Waals surface area contributed by atoms with E-state index in [-0.39, 0.29) is 5.69 Å². The van der Waals surface area contributed by atoms with Crippen LogP contribution in [0.15, 0.2) is 22.5 Å². The van der Waals surface area contributed by atoms with Crippen molar-refractivity contribution < 1.29 is 4.92 Å². The van der Waals surface area contributed by atoms with Crippen LogP contribution in [-0.4, -0.2) is 15.1 Å². The summed E-state index contributed by atoms with van der Waals surface area (Å²) in [5, 5.41) is 19.2. The number of benzene rings is 1. The Bertz CT molecular complexity index is 590. The molecule has 9 heteroatoms. The van der Waals surface area contributed by atoms with Gasteiger partial charge >= 0.3 is 0 Å². The third kappa shape index (κ3) is 3.09. The van der Waals surface area contributed by atoms with Crippen LogP contribution >= 0.6 is 34.7 Å². The van der Waals surface area contributed by atoms with Crippen LogP contribution in [0, 0.1) is 10.1 Å². The maximum atomic E-state index is 10.9. The molecule has 0 saturated heterocycles. The first-order chi connectivity index (χ1) is 8.56. The number of rotatable bonds is 4. The fourth-order valence-electron chi connectivity index (χ4n) is 1.27. The molecule has 2 N–H and O–H groups in total. The van der Waals surface area contributed by atoms with E-state index in [2.05, 4.69) is 10.2 Å². The van der Waals surface area contributed by atoms with Crippen LogP contribution in [0.3, 0.4) is 0 Å². The van der Waals surface area contributed by atoms with Gasteiger partial charge in [-0.05, 0) is 12.1 Å². The van der Waals surface area contributed by atoms with Crippen molar-refractivity contribution in [3.63, 3.8) is 0 Å². The van der Waals surface area contributed by atoms with Crippen molar-refractivity contribution in [3.05, 3.63) is 38.9 Å². The van der Waals surface area contributed by atoms with Crippen LogP contribution in [-0.2, 0) is 5.75 Å². The molecule has 2 aromatic rings. The Morgan fingerprint density at radius 2 is 2.28 bits per heavy atom. The fourth-order valence-corrected chi connectivity index (χ4v) is 3.08. The molecule has 18 heavy (non-hydrogen) atoms. The second-order valence-corrected chi connectivity index (χ2v) is 5.89. The van der Waals surface area contributed by atoms with E-state index in [9.17, 15) is 10.1 Å². The molecule has 0 amide bonds. The van der Waals surface area contributed by atoms with Crippen LogP contribution < -0.4 is 5.73 Å². The summed E-state index contributed by atoms with van der Waals surface area (Å²) in [6.45, 7) is 0. The quantitative estimate of drug-likeness (QED) is 0.530. The van der Waals surface area contributed by atoms with Gasteiger partial charge in [0.15, 0.2) is 4.34 Å². The normalized spacial score (nSPS) is 10.5. The van der Waals surface area contributed by atoms with E-state index in [1.54, 1.807) is 6.07 Å². The highest BCUT2D eigenvalue weighted by Crippen LogP contribution is 2.31. The number of thioether (sulfide) groups is 1. The van der Waals surface area contributed by atoms with Gasteiger partial charge in [-0.15, -0.1) is 10.2 Å². The zero-order chi connectivity index (χ0) is 13.1. The summed E-state index contributed by atoms with van der Waals surface area (Å²) in [5.41, 5.74) is 6.05. The van der Waals surface area contributed by atoms with E-state index in [1.807, 2.05) is 0 Å². The average Bonchev–Trinajstić information content (AvgIpc) is 2.72. The van der Waals surface area contributed by atoms with Crippen LogP contribution in [0.2, 0.25) is 5.02 Å². The molecule has 0 aliphatic rings. The summed E-state index contributed by atoms with van der Waals surface area (Å²) < 4.78 is 0.668. The number of nitrogens with two attached hydrogens (primary N) is 1. The first-order valence-corrected chi connectivity index (χ1v) is 6.89. The molecular formula is C9H7ClN4O2S2. The molecule has 0 spiro atoms. The molecule has 94 valence electrons. The first kappa shape index (κ1) is 13.1. The lowest BCUT2D eigenvalue weighted by molar-refractivity contribution is -0.385. The summed E-state index contributed by atoms with van der Waals surface area (Å²) in [7, 11) is 0. The largest absolute Gasteiger partial charge is 0.374 e. The summed E-state index contributed by atoms with van der Waals surface area (Å²) in [6.07, 6.45) is 0. The Morgan fingerprint density at radius 1 is 1.50 bits per heavy atom. The van der Waals surface area contributed by atoms with Crippen LogP contribution in [0.5, 0.6) is 0 Å². The van der Waals surface area contributed by atoms with E-state index >= 15 is 0 Å². The third-order valence-electron chi connectivity index (χ3n) is 2.01. The zero-order valence-electron chi connectivity index (χ0n) is 8.87. The molecule has 0 saturated carbocycles. The molecule has 1 aromatic heterocycles. The Hall–Kier alpha value is -1.38. The van der Waals surface area contributed by atoms with Crippen LogP contribution in [0.4, 0.5) is 10.8 Å². The molecule has 0 unspecified atom stereocenters. The van der Waals surface area contributed by atoms with E-state index < -0.39 is 4.92 Å². The second-order valence-electron chi connectivity index (χ2n) is 3.23. The van der Waals surface area contributed by atoms with E-state index in [4.69, 9.17) is 17.3 Å². The molecule has 2 rings (SSSR count). The van der Waals surface area contributed by atoms with Gasteiger partial charge in [0.05, 0.1) is 4.92 Å². The molecule has 1 aromatic carbocycles. The van der Waals surface area contributed by atoms with Crippen molar-refractivity contribution in [2.24, 2.45) is 0 Å². The number of aromatic nitrogens is 2. The lowest BCUT2D eigenvalue weighted by Gasteiger charge is -2.01. The molecular weight excluding hydrogens is 296 g/mol. The summed E-state index contributed by atoms with van der Waals surface area (Å²) in [5.74, 6) is 0.394. The average molecular weight is 303 g/mol. The molecule has 0 atom stereocenters. The van der Waals surface area contributed by atoms with Crippen LogP contribution in [0.1, 0.15) is 5.56 Å². The lowest BCUT2D eigenvalue weighted by atomic mass is 10.2. The number of nitrogens with zero attached hydrogens (tertiary/aromatic N) is 3. The van der Waals surface area contributed by atoms with Gasteiger partial charge in [0.1, 0.15) is 0 Å². The molecule has 0 aliphatic carbocycles. The molecule has 0 fully saturated rings. The molecule has 0 radical (unpaired) electrons. The number of nitrogen functional groups attached to an aromatic ring is 1. The van der Waals surface area contributed by atoms with Crippen molar-refractivity contribution in [1.82, 2.24) is 10.2 Å². The predicted octanol–water partition coefficient (Wildman–Crippen LogP) is 2.97. The Balaban J connectivity index is 2.17. The maximum absolute atomic E-state index is 10.9. The van der Waals surface area contributed by atoms with Gasteiger partial charge in [0, 0.05) is 22.4 Å². The summed E-state index contributed by atoms with van der Waals surface area (Å²) in [4.78, 5) is 10.4. The third-order valence-corrected chi connectivity index (χ3v) is 4.18. The smallest absolute Gasteiger partial charge is 0.273 e. The SMILES string of the molecule is Nc1nnc(SCc2cc(Cl)ccc2[N+](=O)[O-])s1. The van der Waals surface area contributed by atoms with Gasteiger partial charge < -0.3 is 5.73 Å². The fraction of sp³-hybridized carbons (Fsp3) is 0.111. The molecule has 6 nitrogen and oxygen atoms in total. The highest BCUT2D eigenvalue weighted by molar-refractivity contribution is 8.00. The number of hydrogen-bond acceptors (Lipinski definition) is 7. The summed E-state index contributed by atoms with van der Waals surface area (Å²) >= 11 is 8.41.